The number of rotatable bonds is 3. The first-order valence-corrected chi connectivity index (χ1v) is 6.87. The first-order chi connectivity index (χ1) is 8.29. The SMILES string of the molecule is CNC(c1cc2c(s1)CCC2)c1nccn1C. The molecule has 0 amide bonds. The van der Waals surface area contributed by atoms with Gasteiger partial charge in [0.1, 0.15) is 11.9 Å². The second-order valence-electron chi connectivity index (χ2n) is 4.57. The van der Waals surface area contributed by atoms with Gasteiger partial charge in [-0.25, -0.2) is 4.98 Å². The molecule has 2 aromatic rings. The maximum absolute atomic E-state index is 4.45. The van der Waals surface area contributed by atoms with Gasteiger partial charge in [-0.2, -0.15) is 0 Å². The van der Waals surface area contributed by atoms with Crippen LogP contribution in [0.5, 0.6) is 0 Å². The van der Waals surface area contributed by atoms with Crippen LogP contribution in [0.1, 0.15) is 33.6 Å². The van der Waals surface area contributed by atoms with Crippen LogP contribution in [-0.2, 0) is 19.9 Å². The van der Waals surface area contributed by atoms with E-state index in [0.29, 0.717) is 0 Å². The summed E-state index contributed by atoms with van der Waals surface area (Å²) in [6, 6.07) is 2.59. The molecule has 0 saturated heterocycles. The number of hydrogen-bond acceptors (Lipinski definition) is 3. The molecule has 1 atom stereocenters. The van der Waals surface area contributed by atoms with E-state index in [2.05, 4.69) is 20.9 Å². The number of nitrogens with one attached hydrogen (secondary N) is 1. The van der Waals surface area contributed by atoms with Crippen molar-refractivity contribution in [3.05, 3.63) is 39.6 Å². The highest BCUT2D eigenvalue weighted by Crippen LogP contribution is 2.35. The first kappa shape index (κ1) is 11.0. The Kier molecular flexibility index (Phi) is 2.76. The molecule has 0 radical (unpaired) electrons. The third-order valence-corrected chi connectivity index (χ3v) is 4.76. The molecule has 0 aromatic carbocycles. The van der Waals surface area contributed by atoms with Crippen LogP contribution in [0.2, 0.25) is 0 Å². The van der Waals surface area contributed by atoms with E-state index in [1.807, 2.05) is 37.8 Å². The number of imidazole rings is 1. The molecule has 90 valence electrons. The zero-order valence-corrected chi connectivity index (χ0v) is 11.0. The number of fused-ring (bicyclic) bond motifs is 1. The van der Waals surface area contributed by atoms with Gasteiger partial charge in [0.2, 0.25) is 0 Å². The average molecular weight is 247 g/mol. The summed E-state index contributed by atoms with van der Waals surface area (Å²) in [5.74, 6) is 1.09. The number of hydrogen-bond donors (Lipinski definition) is 1. The predicted octanol–water partition coefficient (Wildman–Crippen LogP) is 2.28. The lowest BCUT2D eigenvalue weighted by atomic mass is 10.2. The summed E-state index contributed by atoms with van der Waals surface area (Å²) in [4.78, 5) is 7.43. The van der Waals surface area contributed by atoms with Crippen LogP contribution in [0.15, 0.2) is 18.5 Å². The summed E-state index contributed by atoms with van der Waals surface area (Å²) < 4.78 is 2.09. The number of aryl methyl sites for hydroxylation is 3. The molecule has 1 N–H and O–H groups in total. The molecule has 0 fully saturated rings. The van der Waals surface area contributed by atoms with Crippen molar-refractivity contribution >= 4 is 11.3 Å². The van der Waals surface area contributed by atoms with E-state index in [0.717, 1.165) is 5.82 Å². The van der Waals surface area contributed by atoms with Gasteiger partial charge in [-0.05, 0) is 37.9 Å². The Labute approximate surface area is 106 Å². The fraction of sp³-hybridized carbons (Fsp3) is 0.462. The molecule has 2 heterocycles. The lowest BCUT2D eigenvalue weighted by Crippen LogP contribution is -2.20. The van der Waals surface area contributed by atoms with Gasteiger partial charge in [0.15, 0.2) is 0 Å². The van der Waals surface area contributed by atoms with Crippen molar-refractivity contribution in [2.75, 3.05) is 7.05 Å². The molecule has 0 bridgehead atoms. The minimum absolute atomic E-state index is 0.227. The maximum atomic E-state index is 4.45. The van der Waals surface area contributed by atoms with Gasteiger partial charge >= 0.3 is 0 Å². The van der Waals surface area contributed by atoms with Crippen molar-refractivity contribution in [3.8, 4) is 0 Å². The molecule has 17 heavy (non-hydrogen) atoms. The van der Waals surface area contributed by atoms with E-state index < -0.39 is 0 Å². The summed E-state index contributed by atoms with van der Waals surface area (Å²) in [5, 5.41) is 3.38. The van der Waals surface area contributed by atoms with E-state index in [-0.39, 0.29) is 6.04 Å². The molecule has 1 aliphatic rings. The lowest BCUT2D eigenvalue weighted by Gasteiger charge is -2.14. The Morgan fingerprint density at radius 3 is 3.00 bits per heavy atom. The van der Waals surface area contributed by atoms with Gasteiger partial charge in [0.05, 0.1) is 0 Å². The lowest BCUT2D eigenvalue weighted by molar-refractivity contribution is 0.625. The van der Waals surface area contributed by atoms with E-state index >= 15 is 0 Å². The monoisotopic (exact) mass is 247 g/mol. The molecule has 3 nitrogen and oxygen atoms in total. The minimum Gasteiger partial charge on any atom is -0.336 e. The molecule has 0 spiro atoms. The Bertz CT molecular complexity index is 505. The summed E-state index contributed by atoms with van der Waals surface area (Å²) in [7, 11) is 4.05. The van der Waals surface area contributed by atoms with E-state index in [1.165, 1.54) is 24.1 Å². The Morgan fingerprint density at radius 2 is 2.35 bits per heavy atom. The van der Waals surface area contributed by atoms with Gasteiger partial charge in [0.25, 0.3) is 0 Å². The summed E-state index contributed by atoms with van der Waals surface area (Å²) in [6.45, 7) is 0. The maximum Gasteiger partial charge on any atom is 0.131 e. The van der Waals surface area contributed by atoms with Crippen LogP contribution in [0, 0.1) is 0 Å². The van der Waals surface area contributed by atoms with Gasteiger partial charge < -0.3 is 9.88 Å². The van der Waals surface area contributed by atoms with Crippen molar-refractivity contribution in [2.45, 2.75) is 25.3 Å². The Balaban J connectivity index is 1.97. The quantitative estimate of drug-likeness (QED) is 0.902. The largest absolute Gasteiger partial charge is 0.336 e. The third kappa shape index (κ3) is 1.81. The van der Waals surface area contributed by atoms with Crippen LogP contribution in [0.3, 0.4) is 0 Å². The minimum atomic E-state index is 0.227. The van der Waals surface area contributed by atoms with E-state index in [1.54, 1.807) is 10.4 Å². The molecule has 0 aliphatic heterocycles. The highest BCUT2D eigenvalue weighted by molar-refractivity contribution is 7.12. The second kappa shape index (κ2) is 4.27. The van der Waals surface area contributed by atoms with Gasteiger partial charge in [0, 0.05) is 29.2 Å². The molecule has 4 heteroatoms. The summed E-state index contributed by atoms with van der Waals surface area (Å²) >= 11 is 1.95. The van der Waals surface area contributed by atoms with Crippen molar-refractivity contribution in [3.63, 3.8) is 0 Å². The molecular formula is C13H17N3S. The van der Waals surface area contributed by atoms with Crippen LogP contribution >= 0.6 is 11.3 Å². The normalized spacial score (nSPS) is 16.1. The Morgan fingerprint density at radius 1 is 1.47 bits per heavy atom. The van der Waals surface area contributed by atoms with Crippen molar-refractivity contribution in [1.82, 2.24) is 14.9 Å². The molecule has 1 aliphatic carbocycles. The average Bonchev–Trinajstić information content (AvgIpc) is 2.96. The second-order valence-corrected chi connectivity index (χ2v) is 5.74. The van der Waals surface area contributed by atoms with Gasteiger partial charge in [-0.15, -0.1) is 11.3 Å². The smallest absolute Gasteiger partial charge is 0.131 e. The molecule has 0 saturated carbocycles. The fourth-order valence-corrected chi connectivity index (χ4v) is 3.91. The zero-order chi connectivity index (χ0) is 11.8. The van der Waals surface area contributed by atoms with Gasteiger partial charge in [-0.3, -0.25) is 0 Å². The highest BCUT2D eigenvalue weighted by Gasteiger charge is 2.22. The topological polar surface area (TPSA) is 29.9 Å². The number of aromatic nitrogens is 2. The number of nitrogens with zero attached hydrogens (tertiary/aromatic N) is 2. The van der Waals surface area contributed by atoms with Crippen LogP contribution in [0.25, 0.3) is 0 Å². The highest BCUT2D eigenvalue weighted by atomic mass is 32.1. The first-order valence-electron chi connectivity index (χ1n) is 6.05. The van der Waals surface area contributed by atoms with Gasteiger partial charge in [-0.1, -0.05) is 0 Å². The van der Waals surface area contributed by atoms with Crippen LogP contribution < -0.4 is 5.32 Å². The molecule has 1 unspecified atom stereocenters. The molecular weight excluding hydrogens is 230 g/mol. The standard InChI is InChI=1S/C13H17N3S/c1-14-12(13-15-6-7-16(13)2)11-8-9-4-3-5-10(9)17-11/h6-8,12,14H,3-5H2,1-2H3. The van der Waals surface area contributed by atoms with E-state index in [4.69, 9.17) is 0 Å². The number of thiophene rings is 1. The third-order valence-electron chi connectivity index (χ3n) is 3.46. The van der Waals surface area contributed by atoms with Crippen molar-refractivity contribution < 1.29 is 0 Å². The van der Waals surface area contributed by atoms with Crippen molar-refractivity contribution in [2.24, 2.45) is 7.05 Å². The zero-order valence-electron chi connectivity index (χ0n) is 10.2. The predicted molar refractivity (Wildman–Crippen MR) is 70.5 cm³/mol. The fourth-order valence-electron chi connectivity index (χ4n) is 2.55. The van der Waals surface area contributed by atoms with E-state index in [9.17, 15) is 0 Å². The molecule has 3 rings (SSSR count). The Hall–Kier alpha value is -1.13. The summed E-state index contributed by atoms with van der Waals surface area (Å²) in [6.07, 6.45) is 7.70. The van der Waals surface area contributed by atoms with Crippen LogP contribution in [0.4, 0.5) is 0 Å². The van der Waals surface area contributed by atoms with Crippen molar-refractivity contribution in [1.29, 1.82) is 0 Å². The molecule has 2 aromatic heterocycles. The summed E-state index contributed by atoms with van der Waals surface area (Å²) in [5.41, 5.74) is 1.56. The van der Waals surface area contributed by atoms with Crippen LogP contribution in [-0.4, -0.2) is 16.6 Å².